The molecule has 0 aliphatic heterocycles. The normalized spacial score (nSPS) is 13.1. The number of hydrogen-bond acceptors (Lipinski definition) is 4. The van der Waals surface area contributed by atoms with Crippen molar-refractivity contribution in [1.82, 2.24) is 20.2 Å². The first-order chi connectivity index (χ1) is 9.31. The zero-order valence-electron chi connectivity index (χ0n) is 13.1. The third-order valence-corrected chi connectivity index (χ3v) is 2.64. The molecule has 0 aliphatic carbocycles. The number of hydrogen-bond donors (Lipinski definition) is 2. The number of imidazole rings is 1. The van der Waals surface area contributed by atoms with E-state index in [0.717, 1.165) is 12.4 Å². The van der Waals surface area contributed by atoms with Crippen molar-refractivity contribution in [2.24, 2.45) is 0 Å². The van der Waals surface area contributed by atoms with Gasteiger partial charge in [0.05, 0.1) is 6.54 Å². The topological polar surface area (TPSA) is 68.2 Å². The predicted molar refractivity (Wildman–Crippen MR) is 78.4 cm³/mol. The van der Waals surface area contributed by atoms with Crippen molar-refractivity contribution in [3.63, 3.8) is 0 Å². The van der Waals surface area contributed by atoms with Crippen molar-refractivity contribution in [3.05, 3.63) is 18.2 Å². The second kappa shape index (κ2) is 7.28. The maximum Gasteiger partial charge on any atom is 0.407 e. The lowest BCUT2D eigenvalue weighted by Gasteiger charge is -2.22. The van der Waals surface area contributed by atoms with Crippen LogP contribution in [0.2, 0.25) is 0 Å². The molecule has 1 unspecified atom stereocenters. The van der Waals surface area contributed by atoms with E-state index in [9.17, 15) is 4.79 Å². The molecule has 0 aromatic carbocycles. The number of aromatic nitrogens is 2. The van der Waals surface area contributed by atoms with E-state index in [4.69, 9.17) is 4.74 Å². The standard InChI is InChI=1S/C14H26N4O2/c1-6-18-8-7-16-12(18)10-15-9-11(2)17-13(19)20-14(3,4)5/h7-8,11,15H,6,9-10H2,1-5H3,(H,17,19). The van der Waals surface area contributed by atoms with E-state index in [0.29, 0.717) is 13.1 Å². The first-order valence-electron chi connectivity index (χ1n) is 7.02. The molecule has 0 radical (unpaired) electrons. The lowest BCUT2D eigenvalue weighted by Crippen LogP contribution is -2.42. The molecule has 1 heterocycles. The Balaban J connectivity index is 2.26. The molecule has 1 rings (SSSR count). The minimum absolute atomic E-state index is 0.00473. The molecule has 20 heavy (non-hydrogen) atoms. The Labute approximate surface area is 120 Å². The molecule has 1 aromatic rings. The van der Waals surface area contributed by atoms with Crippen LogP contribution in [0.25, 0.3) is 0 Å². The summed E-state index contributed by atoms with van der Waals surface area (Å²) >= 11 is 0. The Morgan fingerprint density at radius 1 is 1.50 bits per heavy atom. The second-order valence-corrected chi connectivity index (χ2v) is 5.81. The lowest BCUT2D eigenvalue weighted by atomic mass is 10.2. The van der Waals surface area contributed by atoms with Crippen LogP contribution in [0.3, 0.4) is 0 Å². The van der Waals surface area contributed by atoms with Crippen molar-refractivity contribution >= 4 is 6.09 Å². The summed E-state index contributed by atoms with van der Waals surface area (Å²) in [5, 5.41) is 6.07. The summed E-state index contributed by atoms with van der Waals surface area (Å²) in [6.07, 6.45) is 3.37. The Morgan fingerprint density at radius 2 is 2.20 bits per heavy atom. The number of nitrogens with one attached hydrogen (secondary N) is 2. The van der Waals surface area contributed by atoms with Gasteiger partial charge in [0.2, 0.25) is 0 Å². The molecule has 0 fully saturated rings. The maximum atomic E-state index is 11.6. The van der Waals surface area contributed by atoms with Gasteiger partial charge >= 0.3 is 6.09 Å². The van der Waals surface area contributed by atoms with Gasteiger partial charge < -0.3 is 19.9 Å². The molecule has 114 valence electrons. The summed E-state index contributed by atoms with van der Waals surface area (Å²) in [4.78, 5) is 15.9. The van der Waals surface area contributed by atoms with Crippen molar-refractivity contribution in [2.45, 2.75) is 59.4 Å². The summed E-state index contributed by atoms with van der Waals surface area (Å²) in [5.41, 5.74) is -0.469. The third-order valence-electron chi connectivity index (χ3n) is 2.64. The van der Waals surface area contributed by atoms with Crippen LogP contribution in [0.4, 0.5) is 4.79 Å². The Bertz CT molecular complexity index is 423. The summed E-state index contributed by atoms with van der Waals surface area (Å²) in [6, 6.07) is -0.00473. The van der Waals surface area contributed by atoms with Crippen LogP contribution >= 0.6 is 0 Å². The molecule has 0 bridgehead atoms. The van der Waals surface area contributed by atoms with E-state index in [1.54, 1.807) is 6.20 Å². The molecular formula is C14H26N4O2. The second-order valence-electron chi connectivity index (χ2n) is 5.81. The number of amides is 1. The van der Waals surface area contributed by atoms with Gasteiger partial charge in [0.15, 0.2) is 0 Å². The van der Waals surface area contributed by atoms with Crippen molar-refractivity contribution in [3.8, 4) is 0 Å². The van der Waals surface area contributed by atoms with Gasteiger partial charge in [0.25, 0.3) is 0 Å². The van der Waals surface area contributed by atoms with Gasteiger partial charge in [-0.05, 0) is 34.6 Å². The van der Waals surface area contributed by atoms with E-state index in [1.165, 1.54) is 0 Å². The molecule has 6 heteroatoms. The van der Waals surface area contributed by atoms with Crippen LogP contribution in [0.15, 0.2) is 12.4 Å². The summed E-state index contributed by atoms with van der Waals surface area (Å²) in [6.45, 7) is 11.8. The number of aryl methyl sites for hydroxylation is 1. The van der Waals surface area contributed by atoms with Crippen LogP contribution in [0, 0.1) is 0 Å². The van der Waals surface area contributed by atoms with E-state index in [2.05, 4.69) is 27.1 Å². The first kappa shape index (κ1) is 16.5. The van der Waals surface area contributed by atoms with Gasteiger partial charge in [-0.1, -0.05) is 0 Å². The monoisotopic (exact) mass is 282 g/mol. The van der Waals surface area contributed by atoms with Gasteiger partial charge in [-0.25, -0.2) is 9.78 Å². The van der Waals surface area contributed by atoms with E-state index in [1.807, 2.05) is 33.9 Å². The van der Waals surface area contributed by atoms with E-state index >= 15 is 0 Å². The largest absolute Gasteiger partial charge is 0.444 e. The fourth-order valence-electron chi connectivity index (χ4n) is 1.76. The molecular weight excluding hydrogens is 256 g/mol. The number of rotatable bonds is 6. The van der Waals surface area contributed by atoms with Crippen LogP contribution in [0.1, 0.15) is 40.4 Å². The molecule has 2 N–H and O–H groups in total. The Morgan fingerprint density at radius 3 is 2.80 bits per heavy atom. The van der Waals surface area contributed by atoms with Gasteiger partial charge in [-0.15, -0.1) is 0 Å². The summed E-state index contributed by atoms with van der Waals surface area (Å²) in [5.74, 6) is 0.997. The molecule has 1 amide bonds. The first-order valence-corrected chi connectivity index (χ1v) is 7.02. The van der Waals surface area contributed by atoms with Crippen molar-refractivity contribution in [1.29, 1.82) is 0 Å². The highest BCUT2D eigenvalue weighted by atomic mass is 16.6. The average molecular weight is 282 g/mol. The number of carbonyl (C=O) groups excluding carboxylic acids is 1. The van der Waals surface area contributed by atoms with Crippen LogP contribution < -0.4 is 10.6 Å². The maximum absolute atomic E-state index is 11.6. The van der Waals surface area contributed by atoms with E-state index in [-0.39, 0.29) is 12.1 Å². The molecule has 1 atom stereocenters. The molecule has 0 aliphatic rings. The lowest BCUT2D eigenvalue weighted by molar-refractivity contribution is 0.0508. The Kier molecular flexibility index (Phi) is 6.01. The highest BCUT2D eigenvalue weighted by Gasteiger charge is 2.17. The zero-order chi connectivity index (χ0) is 15.2. The smallest absolute Gasteiger partial charge is 0.407 e. The van der Waals surface area contributed by atoms with Crippen LogP contribution in [-0.4, -0.2) is 33.8 Å². The van der Waals surface area contributed by atoms with Gasteiger partial charge in [-0.3, -0.25) is 0 Å². The molecule has 0 saturated heterocycles. The van der Waals surface area contributed by atoms with E-state index < -0.39 is 5.60 Å². The number of alkyl carbamates (subject to hydrolysis) is 1. The highest BCUT2D eigenvalue weighted by molar-refractivity contribution is 5.68. The SMILES string of the molecule is CCn1ccnc1CNCC(C)NC(=O)OC(C)(C)C. The zero-order valence-corrected chi connectivity index (χ0v) is 13.1. The van der Waals surface area contributed by atoms with Gasteiger partial charge in [0.1, 0.15) is 11.4 Å². The van der Waals surface area contributed by atoms with Crippen molar-refractivity contribution in [2.75, 3.05) is 6.54 Å². The summed E-state index contributed by atoms with van der Waals surface area (Å²) in [7, 11) is 0. The fourth-order valence-corrected chi connectivity index (χ4v) is 1.76. The van der Waals surface area contributed by atoms with Gasteiger partial charge in [0, 0.05) is 31.5 Å². The van der Waals surface area contributed by atoms with Crippen LogP contribution in [-0.2, 0) is 17.8 Å². The minimum Gasteiger partial charge on any atom is -0.444 e. The molecule has 6 nitrogen and oxygen atoms in total. The average Bonchev–Trinajstić information content (AvgIpc) is 2.73. The van der Waals surface area contributed by atoms with Crippen LogP contribution in [0.5, 0.6) is 0 Å². The number of nitrogens with zero attached hydrogens (tertiary/aromatic N) is 2. The molecule has 0 saturated carbocycles. The quantitative estimate of drug-likeness (QED) is 0.836. The minimum atomic E-state index is -0.469. The predicted octanol–water partition coefficient (Wildman–Crippen LogP) is 1.91. The highest BCUT2D eigenvalue weighted by Crippen LogP contribution is 2.06. The third kappa shape index (κ3) is 6.06. The van der Waals surface area contributed by atoms with Gasteiger partial charge in [-0.2, -0.15) is 0 Å². The fraction of sp³-hybridized carbons (Fsp3) is 0.714. The molecule has 0 spiro atoms. The number of carbonyl (C=O) groups is 1. The Hall–Kier alpha value is -1.56. The van der Waals surface area contributed by atoms with Crippen molar-refractivity contribution < 1.29 is 9.53 Å². The molecule has 1 aromatic heterocycles. The number of ether oxygens (including phenoxy) is 1. The summed E-state index contributed by atoms with van der Waals surface area (Å²) < 4.78 is 7.29.